The minimum Gasteiger partial charge on any atom is -0.476 e. The van der Waals surface area contributed by atoms with E-state index in [0.29, 0.717) is 19.4 Å². The van der Waals surface area contributed by atoms with Crippen molar-refractivity contribution in [1.82, 2.24) is 15.1 Å². The van der Waals surface area contributed by atoms with E-state index >= 15 is 0 Å². The molecule has 1 aromatic rings. The number of alkyl halides is 4. The Balaban J connectivity index is 2.04. The van der Waals surface area contributed by atoms with Crippen molar-refractivity contribution >= 4 is 29.5 Å². The number of hydrogen-bond donors (Lipinski definition) is 2. The molecule has 0 aliphatic carbocycles. The lowest BCUT2D eigenvalue weighted by Gasteiger charge is -2.42. The van der Waals surface area contributed by atoms with Crippen molar-refractivity contribution in [1.29, 1.82) is 0 Å². The maximum atomic E-state index is 14.3. The Morgan fingerprint density at radius 1 is 1.21 bits per heavy atom. The van der Waals surface area contributed by atoms with E-state index in [1.807, 2.05) is 5.32 Å². The average molecular weight is 561 g/mol. The van der Waals surface area contributed by atoms with Crippen LogP contribution in [0.1, 0.15) is 62.9 Å². The Morgan fingerprint density at radius 3 is 2.44 bits per heavy atom. The van der Waals surface area contributed by atoms with Gasteiger partial charge in [0.25, 0.3) is 24.1 Å². The van der Waals surface area contributed by atoms with Crippen LogP contribution in [0.4, 0.5) is 28.0 Å². The first kappa shape index (κ1) is 30.0. The van der Waals surface area contributed by atoms with Crippen molar-refractivity contribution in [3.63, 3.8) is 0 Å². The third-order valence-corrected chi connectivity index (χ3v) is 6.70. The zero-order valence-electron chi connectivity index (χ0n) is 22.0. The summed E-state index contributed by atoms with van der Waals surface area (Å²) in [6.07, 6.45) is -6.55. The smallest absolute Gasteiger partial charge is 0.407 e. The normalized spacial score (nSPS) is 18.7. The summed E-state index contributed by atoms with van der Waals surface area (Å²) < 4.78 is 59.4. The van der Waals surface area contributed by atoms with Crippen molar-refractivity contribution in [2.45, 2.75) is 71.1 Å². The number of anilines is 1. The van der Waals surface area contributed by atoms with E-state index in [4.69, 9.17) is 4.74 Å². The minimum atomic E-state index is -3.26. The van der Waals surface area contributed by atoms with Crippen LogP contribution in [0.3, 0.4) is 0 Å². The maximum absolute atomic E-state index is 14.3. The number of carbonyl (C=O) groups is 4. The minimum absolute atomic E-state index is 0.0138. The first-order chi connectivity index (χ1) is 18.2. The Morgan fingerprint density at radius 2 is 1.87 bits per heavy atom. The van der Waals surface area contributed by atoms with Crippen LogP contribution < -0.4 is 15.0 Å². The number of rotatable bonds is 8. The first-order valence-electron chi connectivity index (χ1n) is 12.5. The Bertz CT molecular complexity index is 1130. The van der Waals surface area contributed by atoms with Crippen molar-refractivity contribution in [2.75, 3.05) is 31.1 Å². The third-order valence-electron chi connectivity index (χ3n) is 6.70. The van der Waals surface area contributed by atoms with E-state index in [9.17, 15) is 41.8 Å². The number of nitrogens with zero attached hydrogens (tertiary/aromatic N) is 3. The van der Waals surface area contributed by atoms with Crippen LogP contribution in [0.5, 0.6) is 5.75 Å². The van der Waals surface area contributed by atoms with Gasteiger partial charge in [-0.1, -0.05) is 0 Å². The molecule has 2 aliphatic heterocycles. The third kappa shape index (κ3) is 6.36. The molecule has 3 rings (SSSR count). The maximum Gasteiger partial charge on any atom is 0.407 e. The molecule has 14 heteroatoms. The topological polar surface area (TPSA) is 119 Å². The summed E-state index contributed by atoms with van der Waals surface area (Å²) >= 11 is 0. The number of fused-ring (bicyclic) bond motifs is 1. The second-order valence-corrected chi connectivity index (χ2v) is 10.2. The second kappa shape index (κ2) is 11.7. The molecule has 2 N–H and O–H groups in total. The van der Waals surface area contributed by atoms with E-state index in [1.54, 1.807) is 13.8 Å². The van der Waals surface area contributed by atoms with Crippen LogP contribution in [0.15, 0.2) is 12.1 Å². The zero-order chi connectivity index (χ0) is 29.2. The number of ether oxygens (including phenoxy) is 1. The highest BCUT2D eigenvalue weighted by Crippen LogP contribution is 2.42. The number of halogens is 4. The number of carbonyl (C=O) groups excluding carboxylic acids is 3. The fourth-order valence-electron chi connectivity index (χ4n) is 4.90. The van der Waals surface area contributed by atoms with Crippen LogP contribution in [-0.4, -0.2) is 89.0 Å². The van der Waals surface area contributed by atoms with Gasteiger partial charge in [-0.25, -0.2) is 13.6 Å². The highest BCUT2D eigenvalue weighted by atomic mass is 19.3. The SMILES string of the molecule is CC(C)N(C(=O)c1cc2c(cc1C(F)F)OC(C)(C)C(=O)N2CCNC(=O)C(F)F)[C@@H]1CCCN(C(=O)O)C1. The van der Waals surface area contributed by atoms with Crippen molar-refractivity contribution in [3.05, 3.63) is 23.3 Å². The van der Waals surface area contributed by atoms with E-state index in [-0.39, 0.29) is 31.1 Å². The number of hydrogen-bond acceptors (Lipinski definition) is 5. The number of amides is 4. The predicted octanol–water partition coefficient (Wildman–Crippen LogP) is 3.50. The molecule has 39 heavy (non-hydrogen) atoms. The molecule has 4 amide bonds. The van der Waals surface area contributed by atoms with Gasteiger partial charge < -0.3 is 29.9 Å². The van der Waals surface area contributed by atoms with Gasteiger partial charge in [0.2, 0.25) is 0 Å². The molecule has 216 valence electrons. The number of nitrogens with one attached hydrogen (secondary N) is 1. The van der Waals surface area contributed by atoms with Gasteiger partial charge in [0.1, 0.15) is 5.75 Å². The molecule has 0 aromatic heterocycles. The zero-order valence-corrected chi connectivity index (χ0v) is 22.0. The Kier molecular flexibility index (Phi) is 8.96. The summed E-state index contributed by atoms with van der Waals surface area (Å²) in [4.78, 5) is 53.4. The van der Waals surface area contributed by atoms with Crippen LogP contribution in [0, 0.1) is 0 Å². The van der Waals surface area contributed by atoms with Crippen molar-refractivity contribution in [2.24, 2.45) is 0 Å². The summed E-state index contributed by atoms with van der Waals surface area (Å²) in [5, 5.41) is 11.4. The lowest BCUT2D eigenvalue weighted by molar-refractivity contribution is -0.133. The van der Waals surface area contributed by atoms with Crippen LogP contribution >= 0.6 is 0 Å². The Labute approximate surface area is 222 Å². The van der Waals surface area contributed by atoms with Crippen molar-refractivity contribution in [3.8, 4) is 5.75 Å². The van der Waals surface area contributed by atoms with E-state index in [1.165, 1.54) is 23.6 Å². The number of piperidine rings is 1. The first-order valence-corrected chi connectivity index (χ1v) is 12.5. The molecule has 0 spiro atoms. The molecule has 1 fully saturated rings. The molecule has 10 nitrogen and oxygen atoms in total. The van der Waals surface area contributed by atoms with Crippen LogP contribution in [0.25, 0.3) is 0 Å². The lowest BCUT2D eigenvalue weighted by Crippen LogP contribution is -2.55. The van der Waals surface area contributed by atoms with E-state index in [2.05, 4.69) is 0 Å². The molecule has 0 radical (unpaired) electrons. The van der Waals surface area contributed by atoms with Gasteiger partial charge in [0.15, 0.2) is 5.60 Å². The van der Waals surface area contributed by atoms with Gasteiger partial charge in [-0.05, 0) is 52.7 Å². The molecule has 2 heterocycles. The molecular weight excluding hydrogens is 528 g/mol. The summed E-state index contributed by atoms with van der Waals surface area (Å²) in [5.41, 5.74) is -2.57. The monoisotopic (exact) mass is 560 g/mol. The van der Waals surface area contributed by atoms with Crippen LogP contribution in [-0.2, 0) is 9.59 Å². The Hall–Kier alpha value is -3.58. The van der Waals surface area contributed by atoms with Gasteiger partial charge >= 0.3 is 12.5 Å². The van der Waals surface area contributed by atoms with Crippen molar-refractivity contribution < 1.29 is 46.6 Å². The van der Waals surface area contributed by atoms with Gasteiger partial charge in [-0.15, -0.1) is 0 Å². The predicted molar refractivity (Wildman–Crippen MR) is 131 cm³/mol. The average Bonchev–Trinajstić information content (AvgIpc) is 2.85. The van der Waals surface area contributed by atoms with Gasteiger partial charge in [-0.2, -0.15) is 8.78 Å². The van der Waals surface area contributed by atoms with E-state index < -0.39 is 65.5 Å². The molecule has 0 saturated carbocycles. The number of likely N-dealkylation sites (tertiary alicyclic amines) is 1. The standard InChI is InChI=1S/C25H32F4N4O6/c1-13(2)33(14-6-5-8-31(12-14)24(37)38)22(35)16-10-17-18(11-15(16)19(26)27)39-25(3,4)23(36)32(17)9-7-30-21(34)20(28)29/h10-11,13-14,19-20H,5-9,12H2,1-4H3,(H,30,34)(H,37,38)/t14-/m1/s1. The summed E-state index contributed by atoms with van der Waals surface area (Å²) in [6.45, 7) is 5.83. The highest BCUT2D eigenvalue weighted by Gasteiger charge is 2.43. The van der Waals surface area contributed by atoms with Crippen LogP contribution in [0.2, 0.25) is 0 Å². The fourth-order valence-corrected chi connectivity index (χ4v) is 4.90. The molecule has 1 atom stereocenters. The summed E-state index contributed by atoms with van der Waals surface area (Å²) in [7, 11) is 0. The summed E-state index contributed by atoms with van der Waals surface area (Å²) in [5.74, 6) is -3.05. The lowest BCUT2D eigenvalue weighted by atomic mass is 9.97. The quantitative estimate of drug-likeness (QED) is 0.470. The molecule has 0 unspecified atom stereocenters. The summed E-state index contributed by atoms with van der Waals surface area (Å²) in [6, 6.07) is 1.04. The largest absolute Gasteiger partial charge is 0.476 e. The molecular formula is C25H32F4N4O6. The molecule has 2 aliphatic rings. The molecule has 1 saturated heterocycles. The fraction of sp³-hybridized carbons (Fsp3) is 0.600. The van der Waals surface area contributed by atoms with E-state index in [0.717, 1.165) is 17.0 Å². The number of carboxylic acid groups (broad SMARTS) is 1. The molecule has 0 bridgehead atoms. The van der Waals surface area contributed by atoms with Gasteiger partial charge in [0, 0.05) is 37.8 Å². The molecule has 1 aromatic carbocycles. The highest BCUT2D eigenvalue weighted by molar-refractivity contribution is 6.05. The van der Waals surface area contributed by atoms with Gasteiger partial charge in [-0.3, -0.25) is 14.4 Å². The second-order valence-electron chi connectivity index (χ2n) is 10.2. The number of benzene rings is 1. The van der Waals surface area contributed by atoms with Gasteiger partial charge in [0.05, 0.1) is 17.3 Å².